The van der Waals surface area contributed by atoms with E-state index in [-0.39, 0.29) is 5.82 Å². The molecular weight excluding hydrogens is 317 g/mol. The quantitative estimate of drug-likeness (QED) is 0.805. The fraction of sp³-hybridized carbons (Fsp3) is 0.474. The molecule has 2 aromatic rings. The zero-order valence-electron chi connectivity index (χ0n) is 15.0. The van der Waals surface area contributed by atoms with E-state index in [1.807, 2.05) is 12.1 Å². The van der Waals surface area contributed by atoms with Crippen molar-refractivity contribution in [1.29, 1.82) is 0 Å². The topological polar surface area (TPSA) is 35.5 Å². The Labute approximate surface area is 149 Å². The summed E-state index contributed by atoms with van der Waals surface area (Å²) in [4.78, 5) is 15.3. The Morgan fingerprint density at radius 2 is 1.80 bits per heavy atom. The summed E-state index contributed by atoms with van der Waals surface area (Å²) in [6.07, 6.45) is 3.95. The van der Waals surface area contributed by atoms with Gasteiger partial charge >= 0.3 is 0 Å². The minimum Gasteiger partial charge on any atom is -0.366 e. The lowest BCUT2D eigenvalue weighted by molar-refractivity contribution is 0.596. The highest BCUT2D eigenvalue weighted by atomic mass is 19.1. The Morgan fingerprint density at radius 3 is 2.52 bits per heavy atom. The second kappa shape index (κ2) is 8.14. The first-order valence-corrected chi connectivity index (χ1v) is 8.96. The first-order valence-electron chi connectivity index (χ1n) is 8.96. The fourth-order valence-corrected chi connectivity index (χ4v) is 3.11. The number of hydrogen-bond acceptors (Lipinski definition) is 5. The van der Waals surface area contributed by atoms with Crippen LogP contribution in [-0.4, -0.2) is 49.7 Å². The molecule has 25 heavy (non-hydrogen) atoms. The molecule has 3 rings (SSSR count). The van der Waals surface area contributed by atoms with Crippen molar-refractivity contribution in [3.8, 4) is 0 Å². The lowest BCUT2D eigenvalue weighted by Crippen LogP contribution is -2.47. The van der Waals surface area contributed by atoms with Gasteiger partial charge in [0.15, 0.2) is 0 Å². The van der Waals surface area contributed by atoms with Crippen molar-refractivity contribution in [1.82, 2.24) is 9.97 Å². The van der Waals surface area contributed by atoms with Crippen LogP contribution in [0.2, 0.25) is 0 Å². The molecule has 0 N–H and O–H groups in total. The van der Waals surface area contributed by atoms with Crippen LogP contribution in [0.3, 0.4) is 0 Å². The van der Waals surface area contributed by atoms with E-state index in [9.17, 15) is 4.39 Å². The third-order valence-electron chi connectivity index (χ3n) is 4.67. The molecule has 0 aliphatic carbocycles. The van der Waals surface area contributed by atoms with E-state index in [1.54, 1.807) is 12.4 Å². The Hall–Kier alpha value is -2.37. The number of para-hydroxylation sites is 1. The summed E-state index contributed by atoms with van der Waals surface area (Å²) in [6, 6.07) is 9.02. The lowest BCUT2D eigenvalue weighted by atomic mass is 10.2. The van der Waals surface area contributed by atoms with Crippen LogP contribution in [0, 0.1) is 5.82 Å². The third-order valence-corrected chi connectivity index (χ3v) is 4.67. The number of piperazine rings is 1. The van der Waals surface area contributed by atoms with Crippen molar-refractivity contribution in [3.05, 3.63) is 42.5 Å². The normalized spacial score (nSPS) is 14.7. The van der Waals surface area contributed by atoms with Crippen molar-refractivity contribution in [2.24, 2.45) is 0 Å². The summed E-state index contributed by atoms with van der Waals surface area (Å²) >= 11 is 0. The molecular formula is C19H26FN5. The summed E-state index contributed by atoms with van der Waals surface area (Å²) in [7, 11) is 2.07. The van der Waals surface area contributed by atoms with Crippen LogP contribution in [0.1, 0.15) is 19.8 Å². The maximum absolute atomic E-state index is 14.0. The van der Waals surface area contributed by atoms with Crippen LogP contribution in [-0.2, 0) is 0 Å². The Bertz CT molecular complexity index is 685. The van der Waals surface area contributed by atoms with Gasteiger partial charge < -0.3 is 14.7 Å². The van der Waals surface area contributed by atoms with Gasteiger partial charge in [-0.05, 0) is 18.6 Å². The molecule has 0 amide bonds. The summed E-state index contributed by atoms with van der Waals surface area (Å²) in [5.41, 5.74) is 0.685. The second-order valence-electron chi connectivity index (χ2n) is 6.44. The zero-order valence-corrected chi connectivity index (χ0v) is 15.0. The van der Waals surface area contributed by atoms with Gasteiger partial charge in [0.1, 0.15) is 23.8 Å². The summed E-state index contributed by atoms with van der Waals surface area (Å²) < 4.78 is 14.0. The molecule has 0 bridgehead atoms. The van der Waals surface area contributed by atoms with Crippen LogP contribution >= 0.6 is 0 Å². The highest BCUT2D eigenvalue weighted by Crippen LogP contribution is 2.23. The molecule has 1 aliphatic rings. The fourth-order valence-electron chi connectivity index (χ4n) is 3.11. The largest absolute Gasteiger partial charge is 0.366 e. The molecule has 0 radical (unpaired) electrons. The molecule has 5 nitrogen and oxygen atoms in total. The lowest BCUT2D eigenvalue weighted by Gasteiger charge is -2.37. The van der Waals surface area contributed by atoms with Crippen molar-refractivity contribution in [3.63, 3.8) is 0 Å². The minimum absolute atomic E-state index is 0.155. The standard InChI is InChI=1S/C19H26FN5/c1-3-4-9-23(2)18-14-19(22-15-21-18)25-12-10-24(11-13-25)17-8-6-5-7-16(17)20/h5-8,14-15H,3-4,9-13H2,1-2H3. The highest BCUT2D eigenvalue weighted by Gasteiger charge is 2.20. The molecule has 134 valence electrons. The number of anilines is 3. The predicted octanol–water partition coefficient (Wildman–Crippen LogP) is 3.18. The van der Waals surface area contributed by atoms with Crippen molar-refractivity contribution >= 4 is 17.3 Å². The SMILES string of the molecule is CCCCN(C)c1cc(N2CCN(c3ccccc3F)CC2)ncn1. The van der Waals surface area contributed by atoms with E-state index in [1.165, 1.54) is 12.5 Å². The van der Waals surface area contributed by atoms with Gasteiger partial charge in [0.05, 0.1) is 5.69 Å². The molecule has 1 saturated heterocycles. The van der Waals surface area contributed by atoms with Crippen LogP contribution in [0.5, 0.6) is 0 Å². The molecule has 0 atom stereocenters. The van der Waals surface area contributed by atoms with Crippen LogP contribution in [0.15, 0.2) is 36.7 Å². The molecule has 0 saturated carbocycles. The molecule has 0 unspecified atom stereocenters. The predicted molar refractivity (Wildman–Crippen MR) is 101 cm³/mol. The monoisotopic (exact) mass is 343 g/mol. The maximum Gasteiger partial charge on any atom is 0.146 e. The number of halogens is 1. The Balaban J connectivity index is 1.64. The van der Waals surface area contributed by atoms with Crippen molar-refractivity contribution in [2.45, 2.75) is 19.8 Å². The van der Waals surface area contributed by atoms with E-state index in [0.717, 1.165) is 50.8 Å². The van der Waals surface area contributed by atoms with E-state index in [2.05, 4.69) is 44.7 Å². The summed E-state index contributed by atoms with van der Waals surface area (Å²) in [6.45, 7) is 6.40. The third kappa shape index (κ3) is 4.18. The van der Waals surface area contributed by atoms with Gasteiger partial charge in [-0.3, -0.25) is 0 Å². The van der Waals surface area contributed by atoms with Gasteiger partial charge in [-0.15, -0.1) is 0 Å². The van der Waals surface area contributed by atoms with E-state index in [4.69, 9.17) is 0 Å². The maximum atomic E-state index is 14.0. The number of nitrogens with zero attached hydrogens (tertiary/aromatic N) is 5. The van der Waals surface area contributed by atoms with Gasteiger partial charge in [-0.1, -0.05) is 25.5 Å². The Morgan fingerprint density at radius 1 is 1.08 bits per heavy atom. The molecule has 1 aromatic heterocycles. The number of aromatic nitrogens is 2. The number of hydrogen-bond donors (Lipinski definition) is 0. The Kier molecular flexibility index (Phi) is 5.68. The minimum atomic E-state index is -0.155. The van der Waals surface area contributed by atoms with Crippen LogP contribution in [0.25, 0.3) is 0 Å². The average molecular weight is 343 g/mol. The van der Waals surface area contributed by atoms with Crippen molar-refractivity contribution < 1.29 is 4.39 Å². The van der Waals surface area contributed by atoms with Gasteiger partial charge in [0.2, 0.25) is 0 Å². The van der Waals surface area contributed by atoms with Gasteiger partial charge in [-0.25, -0.2) is 14.4 Å². The molecule has 6 heteroatoms. The van der Waals surface area contributed by atoms with Gasteiger partial charge in [0, 0.05) is 45.8 Å². The number of rotatable bonds is 6. The van der Waals surface area contributed by atoms with Gasteiger partial charge in [0.25, 0.3) is 0 Å². The second-order valence-corrected chi connectivity index (χ2v) is 6.44. The van der Waals surface area contributed by atoms with Crippen molar-refractivity contribution in [2.75, 3.05) is 54.5 Å². The molecule has 2 heterocycles. The number of benzene rings is 1. The first kappa shape index (κ1) is 17.5. The van der Waals surface area contributed by atoms with Gasteiger partial charge in [-0.2, -0.15) is 0 Å². The molecule has 1 aliphatic heterocycles. The van der Waals surface area contributed by atoms with Crippen LogP contribution < -0.4 is 14.7 Å². The summed E-state index contributed by atoms with van der Waals surface area (Å²) in [5.74, 6) is 1.74. The molecule has 0 spiro atoms. The molecule has 1 fully saturated rings. The number of unbranched alkanes of at least 4 members (excludes halogenated alkanes) is 1. The molecule has 1 aromatic carbocycles. The highest BCUT2D eigenvalue weighted by molar-refractivity contribution is 5.53. The van der Waals surface area contributed by atoms with E-state index < -0.39 is 0 Å². The van der Waals surface area contributed by atoms with E-state index >= 15 is 0 Å². The van der Waals surface area contributed by atoms with Crippen LogP contribution in [0.4, 0.5) is 21.7 Å². The zero-order chi connectivity index (χ0) is 17.6. The first-order chi connectivity index (χ1) is 12.2. The smallest absolute Gasteiger partial charge is 0.146 e. The average Bonchev–Trinajstić information content (AvgIpc) is 2.67. The van der Waals surface area contributed by atoms with E-state index in [0.29, 0.717) is 5.69 Å². The summed E-state index contributed by atoms with van der Waals surface area (Å²) in [5, 5.41) is 0.